The van der Waals surface area contributed by atoms with Crippen LogP contribution in [0.25, 0.3) is 0 Å². The Kier molecular flexibility index (Phi) is 7.26. The Morgan fingerprint density at radius 1 is 1.00 bits per heavy atom. The van der Waals surface area contributed by atoms with E-state index in [9.17, 15) is 9.59 Å². The van der Waals surface area contributed by atoms with Gasteiger partial charge in [-0.1, -0.05) is 35.9 Å². The molecule has 0 saturated heterocycles. The van der Waals surface area contributed by atoms with Gasteiger partial charge in [-0.2, -0.15) is 0 Å². The van der Waals surface area contributed by atoms with Gasteiger partial charge in [-0.05, 0) is 68.9 Å². The van der Waals surface area contributed by atoms with Crippen molar-refractivity contribution >= 4 is 45.4 Å². The average Bonchev–Trinajstić information content (AvgIpc) is 3.07. The maximum Gasteiger partial charge on any atom is 0.266 e. The van der Waals surface area contributed by atoms with E-state index in [1.54, 1.807) is 30.3 Å². The average molecular weight is 442 g/mol. The highest BCUT2D eigenvalue weighted by Gasteiger charge is 2.17. The summed E-state index contributed by atoms with van der Waals surface area (Å²) in [5.74, 6) is -0.501. The number of halogens is 1. The van der Waals surface area contributed by atoms with Crippen LogP contribution in [0.15, 0.2) is 54.6 Å². The second-order valence-electron chi connectivity index (χ2n) is 7.26. The first-order chi connectivity index (χ1) is 14.3. The molecule has 30 heavy (non-hydrogen) atoms. The molecule has 5 nitrogen and oxygen atoms in total. The molecule has 156 valence electrons. The summed E-state index contributed by atoms with van der Waals surface area (Å²) in [7, 11) is 4.09. The topological polar surface area (TPSA) is 61.4 Å². The fraction of sp³-hybridized carbons (Fsp3) is 0.217. The summed E-state index contributed by atoms with van der Waals surface area (Å²) in [4.78, 5) is 27.9. The van der Waals surface area contributed by atoms with Crippen LogP contribution in [0.3, 0.4) is 0 Å². The number of hydrogen-bond donors (Lipinski definition) is 2. The third kappa shape index (κ3) is 5.69. The molecule has 0 saturated carbocycles. The third-order valence-electron chi connectivity index (χ3n) is 4.54. The summed E-state index contributed by atoms with van der Waals surface area (Å²) >= 11 is 7.32. The number of aryl methyl sites for hydroxylation is 1. The van der Waals surface area contributed by atoms with Gasteiger partial charge in [0.1, 0.15) is 0 Å². The highest BCUT2D eigenvalue weighted by atomic mass is 35.5. The van der Waals surface area contributed by atoms with Gasteiger partial charge in [-0.15, -0.1) is 11.3 Å². The number of carbonyl (C=O) groups is 2. The van der Waals surface area contributed by atoms with E-state index in [2.05, 4.69) is 15.5 Å². The third-order valence-corrected chi connectivity index (χ3v) is 6.02. The van der Waals surface area contributed by atoms with Crippen molar-refractivity contribution in [3.05, 3.63) is 81.2 Å². The molecule has 3 rings (SSSR count). The lowest BCUT2D eigenvalue weighted by atomic mass is 10.1. The van der Waals surface area contributed by atoms with Crippen LogP contribution in [0.2, 0.25) is 5.02 Å². The lowest BCUT2D eigenvalue weighted by Crippen LogP contribution is -2.15. The van der Waals surface area contributed by atoms with E-state index in [1.165, 1.54) is 16.9 Å². The number of anilines is 2. The maximum atomic E-state index is 12.7. The summed E-state index contributed by atoms with van der Waals surface area (Å²) in [6.07, 6.45) is 0.958. The SMILES string of the molecule is Cc1cc(NC(=O)c2ccccc2Cl)sc1C(=O)Nc1ccc(CCN(C)C)cc1. The predicted octanol–water partition coefficient (Wildman–Crippen LogP) is 5.32. The molecule has 2 amide bonds. The molecule has 2 aromatic carbocycles. The summed E-state index contributed by atoms with van der Waals surface area (Å²) < 4.78 is 0. The van der Waals surface area contributed by atoms with E-state index < -0.39 is 0 Å². The van der Waals surface area contributed by atoms with Crippen molar-refractivity contribution in [3.8, 4) is 0 Å². The Hall–Kier alpha value is -2.67. The Labute approximate surface area is 185 Å². The largest absolute Gasteiger partial charge is 0.321 e. The Morgan fingerprint density at radius 3 is 2.37 bits per heavy atom. The van der Waals surface area contributed by atoms with E-state index in [4.69, 9.17) is 11.6 Å². The Balaban J connectivity index is 1.65. The molecule has 2 N–H and O–H groups in total. The molecule has 0 aliphatic carbocycles. The van der Waals surface area contributed by atoms with Crippen LogP contribution in [0.1, 0.15) is 31.2 Å². The minimum Gasteiger partial charge on any atom is -0.321 e. The first-order valence-electron chi connectivity index (χ1n) is 9.55. The zero-order chi connectivity index (χ0) is 21.7. The molecular formula is C23H24ClN3O2S. The highest BCUT2D eigenvalue weighted by molar-refractivity contribution is 7.18. The van der Waals surface area contributed by atoms with Crippen LogP contribution in [0, 0.1) is 6.92 Å². The zero-order valence-electron chi connectivity index (χ0n) is 17.2. The van der Waals surface area contributed by atoms with Gasteiger partial charge < -0.3 is 15.5 Å². The lowest BCUT2D eigenvalue weighted by Gasteiger charge is -2.10. The summed E-state index contributed by atoms with van der Waals surface area (Å²) in [6, 6.07) is 16.5. The van der Waals surface area contributed by atoms with Crippen LogP contribution in [0.4, 0.5) is 10.7 Å². The van der Waals surface area contributed by atoms with Gasteiger partial charge >= 0.3 is 0 Å². The van der Waals surface area contributed by atoms with Crippen LogP contribution in [-0.4, -0.2) is 37.4 Å². The number of rotatable bonds is 7. The quantitative estimate of drug-likeness (QED) is 0.521. The van der Waals surface area contributed by atoms with Gasteiger partial charge in [0.2, 0.25) is 0 Å². The molecular weight excluding hydrogens is 418 g/mol. The number of amides is 2. The first kappa shape index (κ1) is 22.0. The smallest absolute Gasteiger partial charge is 0.266 e. The molecule has 0 aliphatic heterocycles. The minimum atomic E-state index is -0.304. The summed E-state index contributed by atoms with van der Waals surface area (Å²) in [5.41, 5.74) is 3.15. The number of nitrogens with zero attached hydrogens (tertiary/aromatic N) is 1. The fourth-order valence-corrected chi connectivity index (χ4v) is 4.07. The maximum absolute atomic E-state index is 12.7. The van der Waals surface area contributed by atoms with Crippen molar-refractivity contribution in [1.82, 2.24) is 4.90 Å². The molecule has 0 spiro atoms. The van der Waals surface area contributed by atoms with Crippen molar-refractivity contribution in [3.63, 3.8) is 0 Å². The molecule has 0 aliphatic rings. The first-order valence-corrected chi connectivity index (χ1v) is 10.7. The van der Waals surface area contributed by atoms with Gasteiger partial charge in [0.25, 0.3) is 11.8 Å². The van der Waals surface area contributed by atoms with Crippen molar-refractivity contribution < 1.29 is 9.59 Å². The van der Waals surface area contributed by atoms with Gasteiger partial charge in [0.15, 0.2) is 0 Å². The molecule has 0 atom stereocenters. The van der Waals surface area contributed by atoms with Gasteiger partial charge in [0, 0.05) is 12.2 Å². The van der Waals surface area contributed by atoms with E-state index in [1.807, 2.05) is 45.3 Å². The molecule has 0 bridgehead atoms. The van der Waals surface area contributed by atoms with Crippen molar-refractivity contribution in [1.29, 1.82) is 0 Å². The standard InChI is InChI=1S/C23H24ClN3O2S/c1-15-14-20(26-22(28)18-6-4-5-7-19(18)24)30-21(15)23(29)25-17-10-8-16(9-11-17)12-13-27(2)3/h4-11,14H,12-13H2,1-3H3,(H,25,29)(H,26,28). The van der Waals surface area contributed by atoms with Crippen LogP contribution in [0.5, 0.6) is 0 Å². The molecule has 0 fully saturated rings. The molecule has 1 heterocycles. The van der Waals surface area contributed by atoms with Gasteiger partial charge in [-0.25, -0.2) is 0 Å². The molecule has 7 heteroatoms. The predicted molar refractivity (Wildman–Crippen MR) is 125 cm³/mol. The minimum absolute atomic E-state index is 0.197. The molecule has 0 unspecified atom stereocenters. The highest BCUT2D eigenvalue weighted by Crippen LogP contribution is 2.28. The van der Waals surface area contributed by atoms with Crippen molar-refractivity contribution in [2.24, 2.45) is 0 Å². The van der Waals surface area contributed by atoms with E-state index in [-0.39, 0.29) is 11.8 Å². The van der Waals surface area contributed by atoms with E-state index in [0.29, 0.717) is 20.5 Å². The van der Waals surface area contributed by atoms with Crippen LogP contribution < -0.4 is 10.6 Å². The van der Waals surface area contributed by atoms with Crippen LogP contribution in [-0.2, 0) is 6.42 Å². The van der Waals surface area contributed by atoms with Gasteiger partial charge in [-0.3, -0.25) is 9.59 Å². The second kappa shape index (κ2) is 9.89. The lowest BCUT2D eigenvalue weighted by molar-refractivity contribution is 0.102. The van der Waals surface area contributed by atoms with E-state index >= 15 is 0 Å². The number of nitrogens with one attached hydrogen (secondary N) is 2. The zero-order valence-corrected chi connectivity index (χ0v) is 18.7. The van der Waals surface area contributed by atoms with Gasteiger partial charge in [0.05, 0.1) is 20.5 Å². The Morgan fingerprint density at radius 2 is 1.70 bits per heavy atom. The molecule has 0 radical (unpaired) electrons. The number of hydrogen-bond acceptors (Lipinski definition) is 4. The second-order valence-corrected chi connectivity index (χ2v) is 8.72. The number of thiophene rings is 1. The molecule has 3 aromatic rings. The number of benzene rings is 2. The van der Waals surface area contributed by atoms with Crippen LogP contribution >= 0.6 is 22.9 Å². The molecule has 1 aromatic heterocycles. The summed E-state index contributed by atoms with van der Waals surface area (Å²) in [5, 5.41) is 6.73. The summed E-state index contributed by atoms with van der Waals surface area (Å²) in [6.45, 7) is 2.82. The number of likely N-dealkylation sites (N-methyl/N-ethyl adjacent to an activating group) is 1. The van der Waals surface area contributed by atoms with E-state index in [0.717, 1.165) is 24.2 Å². The Bertz CT molecular complexity index is 1040. The van der Waals surface area contributed by atoms with Crippen molar-refractivity contribution in [2.75, 3.05) is 31.3 Å². The van der Waals surface area contributed by atoms with Crippen molar-refractivity contribution in [2.45, 2.75) is 13.3 Å². The fourth-order valence-electron chi connectivity index (χ4n) is 2.89. The monoisotopic (exact) mass is 441 g/mol. The normalized spacial score (nSPS) is 10.8. The number of carbonyl (C=O) groups excluding carboxylic acids is 2.